The van der Waals surface area contributed by atoms with Crippen LogP contribution in [0.4, 0.5) is 4.79 Å². The summed E-state index contributed by atoms with van der Waals surface area (Å²) in [6.45, 7) is 0.657. The minimum Gasteiger partial charge on any atom is -0.436 e. The zero-order chi connectivity index (χ0) is 8.55. The smallest absolute Gasteiger partial charge is 0.411 e. The van der Waals surface area contributed by atoms with Crippen molar-refractivity contribution in [3.8, 4) is 0 Å². The minimum absolute atomic E-state index is 0.163. The Morgan fingerprint density at radius 2 is 2.50 bits per heavy atom. The van der Waals surface area contributed by atoms with E-state index in [1.54, 1.807) is 4.90 Å². The number of hydrogen-bond acceptors (Lipinski definition) is 3. The van der Waals surface area contributed by atoms with Gasteiger partial charge in [0.2, 0.25) is 0 Å². The first-order chi connectivity index (χ1) is 5.83. The van der Waals surface area contributed by atoms with E-state index in [0.29, 0.717) is 12.8 Å². The number of fused-ring (bicyclic) bond motifs is 1. The second-order valence-electron chi connectivity index (χ2n) is 2.89. The second kappa shape index (κ2) is 2.62. The molecule has 4 heteroatoms. The third kappa shape index (κ3) is 0.913. The maximum Gasteiger partial charge on any atom is 0.411 e. The summed E-state index contributed by atoms with van der Waals surface area (Å²) in [5.41, 5.74) is 0. The van der Waals surface area contributed by atoms with Crippen molar-refractivity contribution >= 4 is 12.4 Å². The normalized spacial score (nSPS) is 33.0. The zero-order valence-electron chi connectivity index (χ0n) is 6.47. The van der Waals surface area contributed by atoms with E-state index < -0.39 is 6.10 Å². The summed E-state index contributed by atoms with van der Waals surface area (Å²) in [5.74, 6) is 0. The van der Waals surface area contributed by atoms with Crippen LogP contribution in [0.15, 0.2) is 12.2 Å². The number of nitrogens with zero attached hydrogens (tertiary/aromatic N) is 1. The van der Waals surface area contributed by atoms with Crippen molar-refractivity contribution in [3.63, 3.8) is 0 Å². The van der Waals surface area contributed by atoms with E-state index in [4.69, 9.17) is 4.74 Å². The van der Waals surface area contributed by atoms with Gasteiger partial charge >= 0.3 is 6.09 Å². The van der Waals surface area contributed by atoms with Crippen molar-refractivity contribution in [1.82, 2.24) is 4.90 Å². The molecule has 0 N–H and O–H groups in total. The van der Waals surface area contributed by atoms with E-state index >= 15 is 0 Å². The lowest BCUT2D eigenvalue weighted by Gasteiger charge is -2.22. The van der Waals surface area contributed by atoms with Crippen molar-refractivity contribution in [2.75, 3.05) is 6.54 Å². The third-order valence-corrected chi connectivity index (χ3v) is 2.17. The van der Waals surface area contributed by atoms with Crippen molar-refractivity contribution in [2.45, 2.75) is 18.6 Å². The quantitative estimate of drug-likeness (QED) is 0.417. The van der Waals surface area contributed by atoms with E-state index in [0.717, 1.165) is 6.42 Å². The Morgan fingerprint density at radius 3 is 3.25 bits per heavy atom. The molecule has 0 radical (unpaired) electrons. The van der Waals surface area contributed by atoms with Gasteiger partial charge in [-0.1, -0.05) is 12.2 Å². The molecule has 0 aromatic heterocycles. The zero-order valence-corrected chi connectivity index (χ0v) is 6.47. The fourth-order valence-electron chi connectivity index (χ4n) is 1.56. The van der Waals surface area contributed by atoms with Gasteiger partial charge in [-0.3, -0.25) is 9.69 Å². The average Bonchev–Trinajstić information content (AvgIpc) is 2.44. The summed E-state index contributed by atoms with van der Waals surface area (Å²) in [6, 6.07) is -0.163. The number of carbonyl (C=O) groups excluding carboxylic acids is 2. The maximum atomic E-state index is 11.1. The van der Waals surface area contributed by atoms with Crippen LogP contribution in [0.3, 0.4) is 0 Å². The molecule has 2 rings (SSSR count). The Labute approximate surface area is 69.8 Å². The van der Waals surface area contributed by atoms with Crippen LogP contribution in [0, 0.1) is 0 Å². The predicted octanol–water partition coefficient (Wildman–Crippen LogP) is 0.335. The largest absolute Gasteiger partial charge is 0.436 e. The fraction of sp³-hybridized carbons (Fsp3) is 0.500. The molecule has 2 aliphatic heterocycles. The number of amides is 1. The molecule has 0 spiro atoms. The van der Waals surface area contributed by atoms with Gasteiger partial charge in [0, 0.05) is 6.54 Å². The van der Waals surface area contributed by atoms with Crippen LogP contribution < -0.4 is 0 Å². The number of hydrogen-bond donors (Lipinski definition) is 0. The molecule has 1 amide bonds. The molecule has 0 unspecified atom stereocenters. The van der Waals surface area contributed by atoms with Gasteiger partial charge in [-0.25, -0.2) is 4.79 Å². The lowest BCUT2D eigenvalue weighted by atomic mass is 10.1. The lowest BCUT2D eigenvalue weighted by molar-refractivity contribution is -0.114. The first-order valence-electron chi connectivity index (χ1n) is 3.92. The molecule has 4 nitrogen and oxygen atoms in total. The molecule has 0 aliphatic carbocycles. The first kappa shape index (κ1) is 7.34. The topological polar surface area (TPSA) is 46.6 Å². The van der Waals surface area contributed by atoms with E-state index in [-0.39, 0.29) is 12.1 Å². The Balaban J connectivity index is 2.25. The molecule has 0 aromatic rings. The van der Waals surface area contributed by atoms with Gasteiger partial charge in [-0.05, 0) is 6.42 Å². The Morgan fingerprint density at radius 1 is 1.67 bits per heavy atom. The highest BCUT2D eigenvalue weighted by molar-refractivity contribution is 5.77. The summed E-state index contributed by atoms with van der Waals surface area (Å²) < 4.78 is 4.83. The minimum atomic E-state index is -0.603. The summed E-state index contributed by atoms with van der Waals surface area (Å²) in [4.78, 5) is 23.1. The van der Waals surface area contributed by atoms with Crippen LogP contribution in [-0.2, 0) is 9.53 Å². The SMILES string of the molecule is O=C[C@H]1OC(=O)N2CCC=C[C@@H]12. The van der Waals surface area contributed by atoms with Crippen LogP contribution in [-0.4, -0.2) is 36.0 Å². The van der Waals surface area contributed by atoms with E-state index in [1.807, 2.05) is 12.2 Å². The van der Waals surface area contributed by atoms with Crippen LogP contribution in [0.2, 0.25) is 0 Å². The molecule has 2 aliphatic rings. The molecule has 2 heterocycles. The molecule has 1 saturated heterocycles. The van der Waals surface area contributed by atoms with Crippen LogP contribution >= 0.6 is 0 Å². The van der Waals surface area contributed by atoms with Crippen LogP contribution in [0.25, 0.3) is 0 Å². The van der Waals surface area contributed by atoms with Crippen molar-refractivity contribution in [1.29, 1.82) is 0 Å². The van der Waals surface area contributed by atoms with Gasteiger partial charge in [0.25, 0.3) is 0 Å². The van der Waals surface area contributed by atoms with Crippen LogP contribution in [0.5, 0.6) is 0 Å². The highest BCUT2D eigenvalue weighted by atomic mass is 16.6. The highest BCUT2D eigenvalue weighted by Crippen LogP contribution is 2.22. The van der Waals surface area contributed by atoms with Crippen molar-refractivity contribution in [2.24, 2.45) is 0 Å². The van der Waals surface area contributed by atoms with Crippen LogP contribution in [0.1, 0.15) is 6.42 Å². The van der Waals surface area contributed by atoms with Gasteiger partial charge in [0.05, 0.1) is 6.04 Å². The van der Waals surface area contributed by atoms with Crippen molar-refractivity contribution < 1.29 is 14.3 Å². The standard InChI is InChI=1S/C8H9NO3/c10-5-7-6-3-1-2-4-9(6)8(11)12-7/h1,3,5-7H,2,4H2/t6-,7+/m0/s1. The summed E-state index contributed by atoms with van der Waals surface area (Å²) in [6.07, 6.45) is 4.37. The molecular formula is C8H9NO3. The van der Waals surface area contributed by atoms with E-state index in [2.05, 4.69) is 0 Å². The Hall–Kier alpha value is -1.32. The third-order valence-electron chi connectivity index (χ3n) is 2.17. The summed E-state index contributed by atoms with van der Waals surface area (Å²) in [7, 11) is 0. The lowest BCUT2D eigenvalue weighted by Crippen LogP contribution is -2.38. The summed E-state index contributed by atoms with van der Waals surface area (Å²) >= 11 is 0. The van der Waals surface area contributed by atoms with Gasteiger partial charge < -0.3 is 4.74 Å². The number of cyclic esters (lactones) is 1. The number of aldehydes is 1. The second-order valence-corrected chi connectivity index (χ2v) is 2.89. The Kier molecular flexibility index (Phi) is 1.60. The first-order valence-corrected chi connectivity index (χ1v) is 3.92. The molecule has 0 aromatic carbocycles. The molecular weight excluding hydrogens is 158 g/mol. The molecule has 64 valence electrons. The predicted molar refractivity (Wildman–Crippen MR) is 40.6 cm³/mol. The van der Waals surface area contributed by atoms with Gasteiger partial charge in [-0.2, -0.15) is 0 Å². The van der Waals surface area contributed by atoms with Gasteiger partial charge in [0.1, 0.15) is 0 Å². The molecule has 12 heavy (non-hydrogen) atoms. The van der Waals surface area contributed by atoms with E-state index in [9.17, 15) is 9.59 Å². The molecule has 0 saturated carbocycles. The maximum absolute atomic E-state index is 11.1. The van der Waals surface area contributed by atoms with Gasteiger partial charge in [0.15, 0.2) is 12.4 Å². The average molecular weight is 167 g/mol. The number of ether oxygens (including phenoxy) is 1. The monoisotopic (exact) mass is 167 g/mol. The number of carbonyl (C=O) groups is 2. The molecule has 2 atom stereocenters. The Bertz CT molecular complexity index is 249. The highest BCUT2D eigenvalue weighted by Gasteiger charge is 2.40. The molecule has 0 bridgehead atoms. The van der Waals surface area contributed by atoms with E-state index in [1.165, 1.54) is 0 Å². The molecule has 1 fully saturated rings. The summed E-state index contributed by atoms with van der Waals surface area (Å²) in [5, 5.41) is 0. The van der Waals surface area contributed by atoms with Gasteiger partial charge in [-0.15, -0.1) is 0 Å². The van der Waals surface area contributed by atoms with Crippen molar-refractivity contribution in [3.05, 3.63) is 12.2 Å². The number of rotatable bonds is 1. The fourth-order valence-corrected chi connectivity index (χ4v) is 1.56.